The van der Waals surface area contributed by atoms with E-state index < -0.39 is 0 Å². The third-order valence-corrected chi connectivity index (χ3v) is 4.50. The van der Waals surface area contributed by atoms with Gasteiger partial charge < -0.3 is 15.0 Å². The van der Waals surface area contributed by atoms with Crippen molar-refractivity contribution in [2.45, 2.75) is 31.4 Å². The maximum atomic E-state index is 12.4. The molecule has 0 radical (unpaired) electrons. The molecular formula is C16H21ClN2O2. The number of benzene rings is 1. The maximum Gasteiger partial charge on any atom is 0.224 e. The summed E-state index contributed by atoms with van der Waals surface area (Å²) in [7, 11) is 0. The van der Waals surface area contributed by atoms with Crippen LogP contribution < -0.4 is 5.32 Å². The van der Waals surface area contributed by atoms with E-state index in [9.17, 15) is 4.79 Å². The molecule has 2 atom stereocenters. The number of rotatable bonds is 3. The molecule has 1 N–H and O–H groups in total. The Labute approximate surface area is 130 Å². The largest absolute Gasteiger partial charge is 0.370 e. The molecule has 2 aliphatic heterocycles. The van der Waals surface area contributed by atoms with Crippen LogP contribution in [-0.4, -0.2) is 43.1 Å². The van der Waals surface area contributed by atoms with Gasteiger partial charge in [0.2, 0.25) is 5.91 Å². The molecular weight excluding hydrogens is 288 g/mol. The maximum absolute atomic E-state index is 12.4. The first-order valence-corrected chi connectivity index (χ1v) is 7.98. The number of halogens is 1. The van der Waals surface area contributed by atoms with Crippen LogP contribution in [0.25, 0.3) is 0 Å². The Morgan fingerprint density at radius 1 is 1.38 bits per heavy atom. The molecule has 2 heterocycles. The Morgan fingerprint density at radius 3 is 2.90 bits per heavy atom. The third-order valence-electron chi connectivity index (χ3n) is 4.24. The molecule has 2 fully saturated rings. The summed E-state index contributed by atoms with van der Waals surface area (Å²) in [5.41, 5.74) is 1.08. The van der Waals surface area contributed by atoms with Crippen molar-refractivity contribution in [2.24, 2.45) is 0 Å². The summed E-state index contributed by atoms with van der Waals surface area (Å²) < 4.78 is 5.80. The van der Waals surface area contributed by atoms with Gasteiger partial charge in [0.05, 0.1) is 13.2 Å². The minimum absolute atomic E-state index is 0.0449. The zero-order valence-electron chi connectivity index (χ0n) is 12.1. The summed E-state index contributed by atoms with van der Waals surface area (Å²) in [6, 6.07) is 8.03. The molecule has 0 spiro atoms. The van der Waals surface area contributed by atoms with Gasteiger partial charge in [0.15, 0.2) is 0 Å². The summed E-state index contributed by atoms with van der Waals surface area (Å²) in [6.45, 7) is 2.95. The van der Waals surface area contributed by atoms with Crippen LogP contribution in [0.1, 0.15) is 30.9 Å². The molecule has 114 valence electrons. The van der Waals surface area contributed by atoms with Gasteiger partial charge in [0.25, 0.3) is 0 Å². The molecule has 1 aromatic rings. The van der Waals surface area contributed by atoms with Crippen molar-refractivity contribution in [1.82, 2.24) is 10.2 Å². The number of hydrogen-bond acceptors (Lipinski definition) is 3. The van der Waals surface area contributed by atoms with Crippen LogP contribution in [0.15, 0.2) is 24.3 Å². The van der Waals surface area contributed by atoms with Crippen molar-refractivity contribution in [3.8, 4) is 0 Å². The Hall–Kier alpha value is -1.10. The van der Waals surface area contributed by atoms with Crippen LogP contribution >= 0.6 is 11.6 Å². The number of ether oxygens (including phenoxy) is 1. The molecule has 4 nitrogen and oxygen atoms in total. The van der Waals surface area contributed by atoms with Crippen LogP contribution in [-0.2, 0) is 9.53 Å². The van der Waals surface area contributed by atoms with E-state index in [1.807, 2.05) is 29.2 Å². The van der Waals surface area contributed by atoms with Crippen molar-refractivity contribution < 1.29 is 9.53 Å². The Balaban J connectivity index is 1.59. The van der Waals surface area contributed by atoms with Crippen LogP contribution in [0.2, 0.25) is 5.02 Å². The van der Waals surface area contributed by atoms with E-state index in [-0.39, 0.29) is 12.0 Å². The van der Waals surface area contributed by atoms with Gasteiger partial charge in [-0.25, -0.2) is 0 Å². The number of nitrogens with one attached hydrogen (secondary N) is 1. The lowest BCUT2D eigenvalue weighted by molar-refractivity contribution is -0.139. The lowest BCUT2D eigenvalue weighted by atomic mass is 10.1. The van der Waals surface area contributed by atoms with E-state index in [0.717, 1.165) is 23.6 Å². The first-order valence-electron chi connectivity index (χ1n) is 7.60. The zero-order valence-corrected chi connectivity index (χ0v) is 12.8. The monoisotopic (exact) mass is 308 g/mol. The van der Waals surface area contributed by atoms with Gasteiger partial charge in [-0.3, -0.25) is 4.79 Å². The highest BCUT2D eigenvalue weighted by molar-refractivity contribution is 6.30. The molecule has 0 aliphatic carbocycles. The van der Waals surface area contributed by atoms with E-state index in [0.29, 0.717) is 32.2 Å². The number of amides is 1. The standard InChI is InChI=1S/C16H21ClN2O2/c17-13-5-3-12(4-6-13)15-11-19(8-9-21-15)16(20)10-14-2-1-7-18-14/h3-6,14-15,18H,1-2,7-11H2. The molecule has 2 aliphatic rings. The topological polar surface area (TPSA) is 41.6 Å². The predicted octanol–water partition coefficient (Wildman–Crippen LogP) is 2.38. The van der Waals surface area contributed by atoms with Crippen molar-refractivity contribution in [2.75, 3.05) is 26.2 Å². The molecule has 0 bridgehead atoms. The van der Waals surface area contributed by atoms with Gasteiger partial charge in [0.1, 0.15) is 6.10 Å². The second kappa shape index (κ2) is 6.77. The lowest BCUT2D eigenvalue weighted by Crippen LogP contribution is -2.44. The lowest BCUT2D eigenvalue weighted by Gasteiger charge is -2.33. The molecule has 3 rings (SSSR count). The first-order chi connectivity index (χ1) is 10.2. The van der Waals surface area contributed by atoms with Gasteiger partial charge in [-0.15, -0.1) is 0 Å². The minimum Gasteiger partial charge on any atom is -0.370 e. The highest BCUT2D eigenvalue weighted by Crippen LogP contribution is 2.24. The first kappa shape index (κ1) is 14.8. The normalized spacial score (nSPS) is 26.0. The fourth-order valence-corrected chi connectivity index (χ4v) is 3.15. The molecule has 2 unspecified atom stereocenters. The average Bonchev–Trinajstić information content (AvgIpc) is 3.01. The second-order valence-electron chi connectivity index (χ2n) is 5.75. The highest BCUT2D eigenvalue weighted by atomic mass is 35.5. The number of nitrogens with zero attached hydrogens (tertiary/aromatic N) is 1. The molecule has 1 aromatic carbocycles. The van der Waals surface area contributed by atoms with Crippen molar-refractivity contribution in [3.05, 3.63) is 34.9 Å². The predicted molar refractivity (Wildman–Crippen MR) is 82.4 cm³/mol. The van der Waals surface area contributed by atoms with Crippen LogP contribution in [0.3, 0.4) is 0 Å². The summed E-state index contributed by atoms with van der Waals surface area (Å²) >= 11 is 5.91. The zero-order chi connectivity index (χ0) is 14.7. The number of carbonyl (C=O) groups excluding carboxylic acids is 1. The minimum atomic E-state index is -0.0449. The van der Waals surface area contributed by atoms with Crippen LogP contribution in [0, 0.1) is 0 Å². The van der Waals surface area contributed by atoms with Crippen molar-refractivity contribution in [1.29, 1.82) is 0 Å². The van der Waals surface area contributed by atoms with Gasteiger partial charge >= 0.3 is 0 Å². The van der Waals surface area contributed by atoms with E-state index in [1.165, 1.54) is 6.42 Å². The summed E-state index contributed by atoms with van der Waals surface area (Å²) in [6.07, 6.45) is 2.84. The van der Waals surface area contributed by atoms with Gasteiger partial charge in [-0.2, -0.15) is 0 Å². The van der Waals surface area contributed by atoms with Crippen molar-refractivity contribution >= 4 is 17.5 Å². The molecule has 21 heavy (non-hydrogen) atoms. The molecule has 5 heteroatoms. The van der Waals surface area contributed by atoms with Crippen molar-refractivity contribution in [3.63, 3.8) is 0 Å². The molecule has 0 aromatic heterocycles. The molecule has 1 amide bonds. The third kappa shape index (κ3) is 3.76. The second-order valence-corrected chi connectivity index (χ2v) is 6.18. The van der Waals surface area contributed by atoms with Gasteiger partial charge in [0, 0.05) is 24.0 Å². The number of morpholine rings is 1. The van der Waals surface area contributed by atoms with Crippen LogP contribution in [0.4, 0.5) is 0 Å². The van der Waals surface area contributed by atoms with E-state index in [2.05, 4.69) is 5.32 Å². The fourth-order valence-electron chi connectivity index (χ4n) is 3.03. The summed E-state index contributed by atoms with van der Waals surface area (Å²) in [5.74, 6) is 0.233. The summed E-state index contributed by atoms with van der Waals surface area (Å²) in [4.78, 5) is 14.3. The molecule has 2 saturated heterocycles. The number of hydrogen-bond donors (Lipinski definition) is 1. The average molecular weight is 309 g/mol. The quantitative estimate of drug-likeness (QED) is 0.932. The van der Waals surface area contributed by atoms with Gasteiger partial charge in [-0.05, 0) is 37.1 Å². The number of carbonyl (C=O) groups is 1. The Kier molecular flexibility index (Phi) is 4.78. The van der Waals surface area contributed by atoms with Crippen LogP contribution in [0.5, 0.6) is 0 Å². The summed E-state index contributed by atoms with van der Waals surface area (Å²) in [5, 5.41) is 4.10. The van der Waals surface area contributed by atoms with Gasteiger partial charge in [-0.1, -0.05) is 23.7 Å². The van der Waals surface area contributed by atoms with E-state index in [4.69, 9.17) is 16.3 Å². The van der Waals surface area contributed by atoms with E-state index in [1.54, 1.807) is 0 Å². The smallest absolute Gasteiger partial charge is 0.224 e. The fraction of sp³-hybridized carbons (Fsp3) is 0.562. The van der Waals surface area contributed by atoms with E-state index >= 15 is 0 Å². The Morgan fingerprint density at radius 2 is 2.19 bits per heavy atom. The Bertz CT molecular complexity index is 486. The highest BCUT2D eigenvalue weighted by Gasteiger charge is 2.27. The molecule has 0 saturated carbocycles. The SMILES string of the molecule is O=C(CC1CCCN1)N1CCOC(c2ccc(Cl)cc2)C1.